The number of aliphatic hydroxyl groups is 1. The fourth-order valence-electron chi connectivity index (χ4n) is 0.348. The van der Waals surface area contributed by atoms with E-state index in [4.69, 9.17) is 5.11 Å². The first-order valence-electron chi connectivity index (χ1n) is 3.18. The van der Waals surface area contributed by atoms with Gasteiger partial charge in [-0.15, -0.1) is 0 Å². The Morgan fingerprint density at radius 1 is 1.70 bits per heavy atom. The van der Waals surface area contributed by atoms with Crippen molar-refractivity contribution in [3.05, 3.63) is 12.3 Å². The minimum Gasteiger partial charge on any atom is -0.504 e. The van der Waals surface area contributed by atoms with Gasteiger partial charge < -0.3 is 9.84 Å². The highest BCUT2D eigenvalue weighted by atomic mass is 16.5. The van der Waals surface area contributed by atoms with Gasteiger partial charge in [0.1, 0.15) is 6.10 Å². The molecule has 0 aromatic rings. The number of rotatable bonds is 2. The quantitative estimate of drug-likeness (QED) is 0.456. The molecule has 0 aromatic heterocycles. The highest BCUT2D eigenvalue weighted by Gasteiger charge is 1.88. The topological polar surface area (TPSA) is 29.5 Å². The second kappa shape index (κ2) is 6.18. The summed E-state index contributed by atoms with van der Waals surface area (Å²) in [7, 11) is 1.55. The molecular weight excluding hydrogens is 128 g/mol. The lowest BCUT2D eigenvalue weighted by molar-refractivity contribution is 0.228. The van der Waals surface area contributed by atoms with Gasteiger partial charge in [-0.2, -0.15) is 0 Å². The van der Waals surface area contributed by atoms with Gasteiger partial charge in [0.2, 0.25) is 0 Å². The number of methoxy groups -OCH3 is 1. The number of hydrogen-bond acceptors (Lipinski definition) is 2. The molecule has 0 aromatic carbocycles. The van der Waals surface area contributed by atoms with Crippen molar-refractivity contribution in [3.8, 4) is 11.8 Å². The summed E-state index contributed by atoms with van der Waals surface area (Å²) < 4.78 is 4.59. The van der Waals surface area contributed by atoms with Gasteiger partial charge in [0.15, 0.2) is 0 Å². The third-order valence-corrected chi connectivity index (χ3v) is 0.924. The van der Waals surface area contributed by atoms with Crippen LogP contribution in [0.3, 0.4) is 0 Å². The van der Waals surface area contributed by atoms with Crippen LogP contribution in [0.1, 0.15) is 13.3 Å². The van der Waals surface area contributed by atoms with Crippen LogP contribution in [0.15, 0.2) is 12.3 Å². The van der Waals surface area contributed by atoms with Gasteiger partial charge in [-0.05, 0) is 6.42 Å². The van der Waals surface area contributed by atoms with Crippen molar-refractivity contribution >= 4 is 0 Å². The zero-order valence-corrected chi connectivity index (χ0v) is 6.29. The lowest BCUT2D eigenvalue weighted by Gasteiger charge is -1.92. The van der Waals surface area contributed by atoms with E-state index < -0.39 is 6.10 Å². The molecule has 0 amide bonds. The van der Waals surface area contributed by atoms with Crippen LogP contribution in [0.5, 0.6) is 0 Å². The standard InChI is InChI=1S/C8H12O2/c1-3-8(9)6-4-5-7-10-2/h5,7-9H,3H2,1-2H3/b7-5+. The summed E-state index contributed by atoms with van der Waals surface area (Å²) in [5.74, 6) is 5.24. The van der Waals surface area contributed by atoms with Crippen LogP contribution in [0, 0.1) is 11.8 Å². The van der Waals surface area contributed by atoms with Gasteiger partial charge in [0.05, 0.1) is 13.4 Å². The van der Waals surface area contributed by atoms with Crippen LogP contribution >= 0.6 is 0 Å². The fourth-order valence-corrected chi connectivity index (χ4v) is 0.348. The van der Waals surface area contributed by atoms with Crippen molar-refractivity contribution in [1.82, 2.24) is 0 Å². The predicted octanol–water partition coefficient (Wildman–Crippen LogP) is 0.921. The summed E-state index contributed by atoms with van der Waals surface area (Å²) in [6, 6.07) is 0. The molecule has 0 heterocycles. The largest absolute Gasteiger partial charge is 0.504 e. The maximum Gasteiger partial charge on any atom is 0.114 e. The lowest BCUT2D eigenvalue weighted by Crippen LogP contribution is -1.98. The van der Waals surface area contributed by atoms with Crippen LogP contribution in [0.2, 0.25) is 0 Å². The molecule has 0 bridgehead atoms. The van der Waals surface area contributed by atoms with Crippen molar-refractivity contribution in [3.63, 3.8) is 0 Å². The maximum absolute atomic E-state index is 8.91. The smallest absolute Gasteiger partial charge is 0.114 e. The average Bonchev–Trinajstić information content (AvgIpc) is 1.98. The van der Waals surface area contributed by atoms with E-state index in [1.807, 2.05) is 6.92 Å². The number of hydrogen-bond donors (Lipinski definition) is 1. The Kier molecular flexibility index (Phi) is 5.60. The van der Waals surface area contributed by atoms with Gasteiger partial charge >= 0.3 is 0 Å². The summed E-state index contributed by atoms with van der Waals surface area (Å²) in [5.41, 5.74) is 0. The Balaban J connectivity index is 3.57. The molecule has 0 aliphatic carbocycles. The third kappa shape index (κ3) is 5.20. The number of aliphatic hydroxyl groups excluding tert-OH is 1. The molecular formula is C8H12O2. The molecule has 1 atom stereocenters. The first kappa shape index (κ1) is 9.06. The summed E-state index contributed by atoms with van der Waals surface area (Å²) in [4.78, 5) is 0. The van der Waals surface area contributed by atoms with Gasteiger partial charge in [-0.3, -0.25) is 0 Å². The summed E-state index contributed by atoms with van der Waals surface area (Å²) >= 11 is 0. The van der Waals surface area contributed by atoms with Crippen LogP contribution in [-0.2, 0) is 4.74 Å². The first-order valence-corrected chi connectivity index (χ1v) is 3.18. The monoisotopic (exact) mass is 140 g/mol. The molecule has 0 rings (SSSR count). The number of allylic oxidation sites excluding steroid dienone is 1. The SMILES string of the molecule is CCC(O)C#C/C=C/OC. The van der Waals surface area contributed by atoms with E-state index >= 15 is 0 Å². The van der Waals surface area contributed by atoms with Crippen LogP contribution in [0.25, 0.3) is 0 Å². The van der Waals surface area contributed by atoms with Crippen molar-refractivity contribution in [2.24, 2.45) is 0 Å². The predicted molar refractivity (Wildman–Crippen MR) is 40.2 cm³/mol. The van der Waals surface area contributed by atoms with E-state index in [9.17, 15) is 0 Å². The third-order valence-electron chi connectivity index (χ3n) is 0.924. The number of ether oxygens (including phenoxy) is 1. The summed E-state index contributed by atoms with van der Waals surface area (Å²) in [6.45, 7) is 1.87. The van der Waals surface area contributed by atoms with E-state index in [0.29, 0.717) is 6.42 Å². The van der Waals surface area contributed by atoms with Crippen LogP contribution < -0.4 is 0 Å². The van der Waals surface area contributed by atoms with E-state index in [2.05, 4.69) is 16.6 Å². The summed E-state index contributed by atoms with van der Waals surface area (Å²) in [5, 5.41) is 8.91. The second-order valence-corrected chi connectivity index (χ2v) is 1.75. The van der Waals surface area contributed by atoms with Crippen LogP contribution in [-0.4, -0.2) is 18.3 Å². The van der Waals surface area contributed by atoms with Gasteiger partial charge in [-0.1, -0.05) is 18.8 Å². The maximum atomic E-state index is 8.91. The van der Waals surface area contributed by atoms with Crippen molar-refractivity contribution in [1.29, 1.82) is 0 Å². The molecule has 0 fully saturated rings. The highest BCUT2D eigenvalue weighted by Crippen LogP contribution is 1.84. The molecule has 2 heteroatoms. The molecule has 10 heavy (non-hydrogen) atoms. The summed E-state index contributed by atoms with van der Waals surface area (Å²) in [6.07, 6.45) is 3.17. The minimum absolute atomic E-state index is 0.512. The molecule has 1 N–H and O–H groups in total. The second-order valence-electron chi connectivity index (χ2n) is 1.75. The van der Waals surface area contributed by atoms with Crippen molar-refractivity contribution < 1.29 is 9.84 Å². The van der Waals surface area contributed by atoms with E-state index in [0.717, 1.165) is 0 Å². The zero-order chi connectivity index (χ0) is 7.82. The molecule has 0 spiro atoms. The van der Waals surface area contributed by atoms with E-state index in [1.165, 1.54) is 6.26 Å². The van der Waals surface area contributed by atoms with Gasteiger partial charge in [-0.25, -0.2) is 0 Å². The Morgan fingerprint density at radius 2 is 2.40 bits per heavy atom. The first-order chi connectivity index (χ1) is 4.81. The molecule has 1 unspecified atom stereocenters. The van der Waals surface area contributed by atoms with E-state index in [-0.39, 0.29) is 0 Å². The molecule has 0 aliphatic rings. The fraction of sp³-hybridized carbons (Fsp3) is 0.500. The Labute approximate surface area is 61.5 Å². The van der Waals surface area contributed by atoms with Crippen molar-refractivity contribution in [2.45, 2.75) is 19.4 Å². The van der Waals surface area contributed by atoms with Crippen LogP contribution in [0.4, 0.5) is 0 Å². The Morgan fingerprint density at radius 3 is 2.90 bits per heavy atom. The lowest BCUT2D eigenvalue weighted by atomic mass is 10.3. The van der Waals surface area contributed by atoms with Crippen molar-refractivity contribution in [2.75, 3.05) is 7.11 Å². The minimum atomic E-state index is -0.512. The van der Waals surface area contributed by atoms with Gasteiger partial charge in [0.25, 0.3) is 0 Å². The molecule has 56 valence electrons. The molecule has 0 radical (unpaired) electrons. The normalized spacial score (nSPS) is 12.3. The zero-order valence-electron chi connectivity index (χ0n) is 6.29. The Bertz CT molecular complexity index is 150. The Hall–Kier alpha value is -0.940. The highest BCUT2D eigenvalue weighted by molar-refractivity contribution is 5.16. The molecule has 0 aliphatic heterocycles. The molecule has 2 nitrogen and oxygen atoms in total. The van der Waals surface area contributed by atoms with E-state index in [1.54, 1.807) is 13.2 Å². The molecule has 0 saturated heterocycles. The average molecular weight is 140 g/mol. The molecule has 0 saturated carbocycles. The van der Waals surface area contributed by atoms with Gasteiger partial charge in [0, 0.05) is 6.08 Å².